The van der Waals surface area contributed by atoms with E-state index in [0.29, 0.717) is 9.24 Å². The van der Waals surface area contributed by atoms with Gasteiger partial charge in [-0.1, -0.05) is 51.2 Å². The summed E-state index contributed by atoms with van der Waals surface area (Å²) < 4.78 is 0.477. The summed E-state index contributed by atoms with van der Waals surface area (Å²) in [7, 11) is 0. The van der Waals surface area contributed by atoms with Gasteiger partial charge in [-0.25, -0.2) is 9.78 Å². The van der Waals surface area contributed by atoms with E-state index in [4.69, 9.17) is 23.1 Å². The topological polar surface area (TPSA) is 210 Å². The van der Waals surface area contributed by atoms with Crippen LogP contribution >= 0.6 is 57.8 Å². The number of carbonyl (C=O) groups is 3. The third-order valence-corrected chi connectivity index (χ3v) is 8.63. The van der Waals surface area contributed by atoms with Gasteiger partial charge in [0.05, 0.1) is 0 Å². The van der Waals surface area contributed by atoms with Gasteiger partial charge < -0.3 is 27.1 Å². The molecule has 19 heteroatoms. The van der Waals surface area contributed by atoms with E-state index in [9.17, 15) is 24.7 Å². The summed E-state index contributed by atoms with van der Waals surface area (Å²) in [6, 6.07) is -1.04. The molecule has 0 saturated carbocycles. The number of hydrogen-bond donors (Lipinski definition) is 5. The second kappa shape index (κ2) is 10.3. The predicted octanol–water partition coefficient (Wildman–Crippen LogP) is -0.169. The maximum atomic E-state index is 12.8. The third kappa shape index (κ3) is 4.95. The number of nitrogens with zero attached hydrogens (tertiary/aromatic N) is 5. The van der Waals surface area contributed by atoms with Gasteiger partial charge in [0.15, 0.2) is 15.2 Å². The van der Waals surface area contributed by atoms with Crippen LogP contribution in [0.1, 0.15) is 5.69 Å². The number of halogens is 1. The summed E-state index contributed by atoms with van der Waals surface area (Å²) in [4.78, 5) is 42.6. The molecule has 2 aliphatic rings. The van der Waals surface area contributed by atoms with Crippen molar-refractivity contribution in [2.24, 2.45) is 5.16 Å². The quantitative estimate of drug-likeness (QED) is 0.103. The second-order valence-electron chi connectivity index (χ2n) is 6.07. The van der Waals surface area contributed by atoms with Gasteiger partial charge in [0, 0.05) is 10.7 Å². The van der Waals surface area contributed by atoms with Crippen LogP contribution < -0.4 is 16.8 Å². The van der Waals surface area contributed by atoms with Crippen molar-refractivity contribution < 1.29 is 24.7 Å². The van der Waals surface area contributed by atoms with E-state index in [1.54, 1.807) is 0 Å². The number of aromatic nitrogens is 3. The molecule has 1 unspecified atom stereocenters. The fourth-order valence-corrected chi connectivity index (χ4v) is 7.11. The number of thioether (sulfide) groups is 2. The third-order valence-electron chi connectivity index (χ3n) is 4.20. The SMILES string of the molecule is Nc1nnc(SC2=C(C(=O)O)N3C(=O)[C@@H](NC(=O)/C(=N/O)c4nc(N)sc4Cl)C3SC2)s1.[NaH]. The number of fused-ring (bicyclic) bond motifs is 1. The molecular weight excluding hydrogens is 547 g/mol. The van der Waals surface area contributed by atoms with E-state index >= 15 is 0 Å². The molecule has 1 saturated heterocycles. The van der Waals surface area contributed by atoms with Gasteiger partial charge in [-0.3, -0.25) is 14.5 Å². The zero-order chi connectivity index (χ0) is 23.2. The molecule has 13 nitrogen and oxygen atoms in total. The Morgan fingerprint density at radius 3 is 2.55 bits per heavy atom. The number of carboxylic acid groups (broad SMARTS) is 1. The summed E-state index contributed by atoms with van der Waals surface area (Å²) in [5, 5.41) is 31.5. The van der Waals surface area contributed by atoms with Crippen molar-refractivity contribution >= 4 is 121 Å². The number of oxime groups is 1. The Morgan fingerprint density at radius 1 is 1.27 bits per heavy atom. The minimum atomic E-state index is -1.30. The number of nitrogens with one attached hydrogen (secondary N) is 1. The minimum absolute atomic E-state index is 0. The molecule has 170 valence electrons. The zero-order valence-corrected chi connectivity index (χ0v) is 19.4. The molecular formula is C14H12ClN8NaO5S4. The van der Waals surface area contributed by atoms with Gasteiger partial charge in [-0.2, -0.15) is 0 Å². The van der Waals surface area contributed by atoms with E-state index in [0.717, 1.165) is 39.3 Å². The summed E-state index contributed by atoms with van der Waals surface area (Å²) in [6.45, 7) is 0. The first kappa shape index (κ1) is 26.0. The van der Waals surface area contributed by atoms with Crippen molar-refractivity contribution in [3.8, 4) is 0 Å². The standard InChI is InChI=1S/C14H11ClN8O5S4.Na.H/c15-7-3(19-12(16)31-7)4(22-28)8(24)18-5-9(25)23-6(11(26)27)2(1-29-10(5)23)30-14-21-20-13(17)32-14;;/h5,10,28H,1H2,(H2,16,19)(H2,17,20)(H,18,24)(H,26,27);;/b22-4+;;/t5-,10?;;/m1../s1. The van der Waals surface area contributed by atoms with E-state index in [1.807, 2.05) is 0 Å². The number of thiazole rings is 1. The fourth-order valence-electron chi connectivity index (χ4n) is 2.91. The zero-order valence-electron chi connectivity index (χ0n) is 15.4. The van der Waals surface area contributed by atoms with Crippen LogP contribution in [0.5, 0.6) is 0 Å². The number of carboxylic acids is 1. The van der Waals surface area contributed by atoms with E-state index in [-0.39, 0.29) is 61.3 Å². The van der Waals surface area contributed by atoms with Crippen LogP contribution in [-0.4, -0.2) is 101 Å². The van der Waals surface area contributed by atoms with Crippen LogP contribution in [0.4, 0.5) is 10.3 Å². The van der Waals surface area contributed by atoms with Crippen LogP contribution in [0.3, 0.4) is 0 Å². The molecule has 2 aliphatic heterocycles. The van der Waals surface area contributed by atoms with Gasteiger partial charge in [0.1, 0.15) is 27.1 Å². The first-order valence-corrected chi connectivity index (χ1v) is 12.2. The van der Waals surface area contributed by atoms with Crippen molar-refractivity contribution in [3.05, 3.63) is 20.6 Å². The van der Waals surface area contributed by atoms with Crippen molar-refractivity contribution in [2.45, 2.75) is 15.8 Å². The number of aliphatic carboxylic acids is 1. The van der Waals surface area contributed by atoms with E-state index < -0.39 is 34.9 Å². The average molecular weight is 559 g/mol. The van der Waals surface area contributed by atoms with Crippen molar-refractivity contribution in [2.75, 3.05) is 17.2 Å². The molecule has 1 fully saturated rings. The molecule has 2 aromatic heterocycles. The Hall–Kier alpha value is -1.60. The first-order valence-electron chi connectivity index (χ1n) is 8.34. The predicted molar refractivity (Wildman–Crippen MR) is 127 cm³/mol. The number of amides is 2. The molecule has 0 radical (unpaired) electrons. The average Bonchev–Trinajstić information content (AvgIpc) is 3.30. The Morgan fingerprint density at radius 2 is 2.00 bits per heavy atom. The van der Waals surface area contributed by atoms with Crippen LogP contribution in [0.2, 0.25) is 4.34 Å². The van der Waals surface area contributed by atoms with Gasteiger partial charge in [0.2, 0.25) is 5.13 Å². The van der Waals surface area contributed by atoms with Gasteiger partial charge in [-0.05, 0) is 0 Å². The Labute approximate surface area is 228 Å². The summed E-state index contributed by atoms with van der Waals surface area (Å²) in [5.74, 6) is -2.59. The molecule has 4 heterocycles. The first-order chi connectivity index (χ1) is 15.2. The van der Waals surface area contributed by atoms with Crippen LogP contribution in [-0.2, 0) is 14.4 Å². The number of anilines is 2. The Kier molecular flexibility index (Phi) is 8.15. The van der Waals surface area contributed by atoms with Crippen LogP contribution in [0, 0.1) is 0 Å². The number of carbonyl (C=O) groups excluding carboxylic acids is 2. The maximum absolute atomic E-state index is 12.8. The molecule has 2 atom stereocenters. The second-order valence-corrected chi connectivity index (χ2v) is 11.2. The molecule has 0 spiro atoms. The van der Waals surface area contributed by atoms with Gasteiger partial charge in [0.25, 0.3) is 11.8 Å². The number of nitrogen functional groups attached to an aromatic ring is 2. The monoisotopic (exact) mass is 558 g/mol. The molecule has 7 N–H and O–H groups in total. The summed E-state index contributed by atoms with van der Waals surface area (Å²) in [6.07, 6.45) is 0. The molecule has 4 rings (SSSR count). The summed E-state index contributed by atoms with van der Waals surface area (Å²) in [5.41, 5.74) is 10.3. The van der Waals surface area contributed by atoms with Crippen molar-refractivity contribution in [1.29, 1.82) is 0 Å². The molecule has 33 heavy (non-hydrogen) atoms. The van der Waals surface area contributed by atoms with E-state index in [1.165, 1.54) is 11.8 Å². The molecule has 0 bridgehead atoms. The van der Waals surface area contributed by atoms with E-state index in [2.05, 4.69) is 25.7 Å². The van der Waals surface area contributed by atoms with Gasteiger partial charge >= 0.3 is 35.5 Å². The van der Waals surface area contributed by atoms with Crippen LogP contribution in [0.25, 0.3) is 0 Å². The number of hydrogen-bond acceptors (Lipinski definition) is 14. The normalized spacial score (nSPS) is 20.1. The number of rotatable bonds is 6. The van der Waals surface area contributed by atoms with Crippen LogP contribution in [0.15, 0.2) is 20.1 Å². The molecule has 0 aromatic carbocycles. The summed E-state index contributed by atoms with van der Waals surface area (Å²) >= 11 is 10.3. The van der Waals surface area contributed by atoms with Crippen molar-refractivity contribution in [1.82, 2.24) is 25.4 Å². The Bertz CT molecular complexity index is 1200. The van der Waals surface area contributed by atoms with Crippen molar-refractivity contribution in [3.63, 3.8) is 0 Å². The number of nitrogens with two attached hydrogens (primary N) is 2. The Balaban J connectivity index is 0.00000306. The molecule has 2 aromatic rings. The number of β-lactam (4-membered cyclic amide) rings is 1. The fraction of sp³-hybridized carbons (Fsp3) is 0.214. The van der Waals surface area contributed by atoms with Gasteiger partial charge in [-0.15, -0.1) is 22.0 Å². The molecule has 0 aliphatic carbocycles. The molecule has 2 amide bonds.